The van der Waals surface area contributed by atoms with Gasteiger partial charge >= 0.3 is 0 Å². The maximum Gasteiger partial charge on any atom is 0.182 e. The van der Waals surface area contributed by atoms with Gasteiger partial charge in [-0.3, -0.25) is 4.68 Å². The topological polar surface area (TPSA) is 69.4 Å². The minimum atomic E-state index is -0.721. The molecular formula is C25H20F2N6. The number of aryl methyl sites for hydroxylation is 3. The summed E-state index contributed by atoms with van der Waals surface area (Å²) in [7, 11) is 0. The van der Waals surface area contributed by atoms with E-state index in [0.29, 0.717) is 22.7 Å². The van der Waals surface area contributed by atoms with E-state index in [9.17, 15) is 8.78 Å². The van der Waals surface area contributed by atoms with Crippen molar-refractivity contribution < 1.29 is 8.78 Å². The second-order valence-corrected chi connectivity index (χ2v) is 7.75. The van der Waals surface area contributed by atoms with Crippen molar-refractivity contribution >= 4 is 11.2 Å². The number of aromatic nitrogens is 6. The van der Waals surface area contributed by atoms with E-state index in [1.54, 1.807) is 6.20 Å². The van der Waals surface area contributed by atoms with Crippen molar-refractivity contribution in [3.8, 4) is 33.8 Å². The predicted molar refractivity (Wildman–Crippen MR) is 122 cm³/mol. The molecule has 3 aromatic heterocycles. The van der Waals surface area contributed by atoms with Gasteiger partial charge in [0.15, 0.2) is 11.5 Å². The van der Waals surface area contributed by atoms with Crippen LogP contribution in [0.4, 0.5) is 8.78 Å². The lowest BCUT2D eigenvalue weighted by molar-refractivity contribution is 0.585. The Morgan fingerprint density at radius 3 is 2.39 bits per heavy atom. The maximum absolute atomic E-state index is 14.7. The molecule has 5 rings (SSSR count). The fraction of sp³-hybridized carbons (Fsp3) is 0.160. The summed E-state index contributed by atoms with van der Waals surface area (Å²) in [6.07, 6.45) is 3.78. The molecule has 0 atom stereocenters. The zero-order valence-electron chi connectivity index (χ0n) is 18.3. The van der Waals surface area contributed by atoms with E-state index >= 15 is 0 Å². The van der Waals surface area contributed by atoms with Gasteiger partial charge in [-0.25, -0.2) is 28.7 Å². The zero-order chi connectivity index (χ0) is 23.1. The third-order valence-corrected chi connectivity index (χ3v) is 5.54. The molecule has 0 unspecified atom stereocenters. The van der Waals surface area contributed by atoms with Gasteiger partial charge in [0.25, 0.3) is 0 Å². The number of benzene rings is 2. The van der Waals surface area contributed by atoms with E-state index in [-0.39, 0.29) is 11.3 Å². The first-order chi connectivity index (χ1) is 15.9. The molecule has 0 saturated heterocycles. The van der Waals surface area contributed by atoms with Gasteiger partial charge < -0.3 is 0 Å². The average molecular weight is 442 g/mol. The molecule has 0 fully saturated rings. The largest absolute Gasteiger partial charge is 0.272 e. The number of nitrogens with zero attached hydrogens (tertiary/aromatic N) is 6. The molecule has 164 valence electrons. The monoisotopic (exact) mass is 442 g/mol. The number of rotatable bonds is 4. The van der Waals surface area contributed by atoms with E-state index in [2.05, 4.69) is 25.0 Å². The van der Waals surface area contributed by atoms with E-state index in [1.807, 2.05) is 55.9 Å². The molecule has 0 saturated carbocycles. The van der Waals surface area contributed by atoms with Crippen LogP contribution >= 0.6 is 0 Å². The Bertz CT molecular complexity index is 1510. The number of hydrogen-bond acceptors (Lipinski definition) is 5. The smallest absolute Gasteiger partial charge is 0.182 e. The van der Waals surface area contributed by atoms with E-state index in [0.717, 1.165) is 35.0 Å². The Morgan fingerprint density at radius 2 is 1.64 bits per heavy atom. The molecule has 0 aliphatic carbocycles. The van der Waals surface area contributed by atoms with Crippen LogP contribution in [0.25, 0.3) is 44.9 Å². The molecule has 33 heavy (non-hydrogen) atoms. The first kappa shape index (κ1) is 20.8. The third kappa shape index (κ3) is 3.84. The molecule has 0 amide bonds. The molecular weight excluding hydrogens is 422 g/mol. The summed E-state index contributed by atoms with van der Waals surface area (Å²) >= 11 is 0. The molecule has 0 bridgehead atoms. The normalized spacial score (nSPS) is 11.3. The fourth-order valence-electron chi connectivity index (χ4n) is 3.63. The van der Waals surface area contributed by atoms with E-state index in [4.69, 9.17) is 0 Å². The Kier molecular flexibility index (Phi) is 5.12. The maximum atomic E-state index is 14.7. The number of hydrogen-bond donors (Lipinski definition) is 0. The Labute approximate surface area is 189 Å². The molecule has 8 heteroatoms. The van der Waals surface area contributed by atoms with Gasteiger partial charge in [-0.2, -0.15) is 5.10 Å². The molecule has 3 heterocycles. The van der Waals surface area contributed by atoms with Crippen molar-refractivity contribution in [1.82, 2.24) is 29.7 Å². The van der Waals surface area contributed by atoms with Gasteiger partial charge in [-0.15, -0.1) is 0 Å². The molecule has 0 aliphatic heterocycles. The second kappa shape index (κ2) is 8.12. The lowest BCUT2D eigenvalue weighted by atomic mass is 10.0. The highest BCUT2D eigenvalue weighted by Crippen LogP contribution is 2.31. The van der Waals surface area contributed by atoms with Crippen molar-refractivity contribution in [3.05, 3.63) is 77.9 Å². The molecule has 2 aromatic carbocycles. The Balaban J connectivity index is 1.73. The zero-order valence-corrected chi connectivity index (χ0v) is 18.3. The third-order valence-electron chi connectivity index (χ3n) is 5.54. The van der Waals surface area contributed by atoms with Gasteiger partial charge in [0.1, 0.15) is 22.8 Å². The summed E-state index contributed by atoms with van der Waals surface area (Å²) in [4.78, 5) is 18.4. The summed E-state index contributed by atoms with van der Waals surface area (Å²) in [5.74, 6) is -1.00. The first-order valence-electron chi connectivity index (χ1n) is 10.5. The van der Waals surface area contributed by atoms with Crippen LogP contribution in [-0.4, -0.2) is 29.7 Å². The molecule has 0 radical (unpaired) electrons. The predicted octanol–water partition coefficient (Wildman–Crippen LogP) is 5.53. The van der Waals surface area contributed by atoms with Crippen molar-refractivity contribution in [3.63, 3.8) is 0 Å². The van der Waals surface area contributed by atoms with Crippen LogP contribution in [0, 0.1) is 25.5 Å². The standard InChI is InChI=1S/C25H20F2N6/c1-4-33-13-18(12-28-33)16-6-5-7-17(10-16)24-31-22(20-9-8-19(26)11-21(20)27)23-25(32-24)30-15(3)14(2)29-23/h5-13H,4H2,1-3H3. The second-order valence-electron chi connectivity index (χ2n) is 7.75. The van der Waals surface area contributed by atoms with Gasteiger partial charge in [0, 0.05) is 35.5 Å². The van der Waals surface area contributed by atoms with Crippen LogP contribution in [0.5, 0.6) is 0 Å². The summed E-state index contributed by atoms with van der Waals surface area (Å²) in [5.41, 5.74) is 5.21. The minimum absolute atomic E-state index is 0.142. The van der Waals surface area contributed by atoms with Crippen LogP contribution < -0.4 is 0 Å². The summed E-state index contributed by atoms with van der Waals surface area (Å²) in [6, 6.07) is 11.1. The van der Waals surface area contributed by atoms with Crippen molar-refractivity contribution in [2.45, 2.75) is 27.3 Å². The van der Waals surface area contributed by atoms with Crippen molar-refractivity contribution in [2.24, 2.45) is 0 Å². The molecule has 0 aliphatic rings. The average Bonchev–Trinajstić information content (AvgIpc) is 3.29. The lowest BCUT2D eigenvalue weighted by Gasteiger charge is -2.11. The van der Waals surface area contributed by atoms with Crippen LogP contribution in [0.2, 0.25) is 0 Å². The van der Waals surface area contributed by atoms with Crippen molar-refractivity contribution in [1.29, 1.82) is 0 Å². The summed E-state index contributed by atoms with van der Waals surface area (Å²) < 4.78 is 30.2. The van der Waals surface area contributed by atoms with Crippen LogP contribution in [-0.2, 0) is 6.54 Å². The van der Waals surface area contributed by atoms with Gasteiger partial charge in [-0.1, -0.05) is 18.2 Å². The molecule has 0 spiro atoms. The first-order valence-corrected chi connectivity index (χ1v) is 10.5. The highest BCUT2D eigenvalue weighted by Gasteiger charge is 2.18. The van der Waals surface area contributed by atoms with E-state index < -0.39 is 11.6 Å². The Morgan fingerprint density at radius 1 is 0.848 bits per heavy atom. The van der Waals surface area contributed by atoms with Crippen LogP contribution in [0.3, 0.4) is 0 Å². The Hall–Kier alpha value is -4.07. The van der Waals surface area contributed by atoms with Gasteiger partial charge in [0.2, 0.25) is 0 Å². The molecule has 0 N–H and O–H groups in total. The summed E-state index contributed by atoms with van der Waals surface area (Å²) in [5, 5.41) is 4.34. The van der Waals surface area contributed by atoms with Crippen LogP contribution in [0.15, 0.2) is 54.9 Å². The van der Waals surface area contributed by atoms with E-state index in [1.165, 1.54) is 12.1 Å². The quantitative estimate of drug-likeness (QED) is 0.366. The van der Waals surface area contributed by atoms with Crippen LogP contribution in [0.1, 0.15) is 18.3 Å². The van der Waals surface area contributed by atoms with Crippen molar-refractivity contribution in [2.75, 3.05) is 0 Å². The summed E-state index contributed by atoms with van der Waals surface area (Å²) in [6.45, 7) is 6.46. The van der Waals surface area contributed by atoms with Gasteiger partial charge in [0.05, 0.1) is 17.6 Å². The lowest BCUT2D eigenvalue weighted by Crippen LogP contribution is -2.03. The number of fused-ring (bicyclic) bond motifs is 1. The SMILES string of the molecule is CCn1cc(-c2cccc(-c3nc(-c4ccc(F)cc4F)c4nc(C)c(C)nc4n3)c2)cn1. The minimum Gasteiger partial charge on any atom is -0.272 e. The van der Waals surface area contributed by atoms with Gasteiger partial charge in [-0.05, 0) is 44.5 Å². The number of halogens is 2. The molecule has 6 nitrogen and oxygen atoms in total. The highest BCUT2D eigenvalue weighted by molar-refractivity contribution is 5.89. The molecule has 5 aromatic rings. The fourth-order valence-corrected chi connectivity index (χ4v) is 3.63. The highest BCUT2D eigenvalue weighted by atomic mass is 19.1.